The minimum absolute atomic E-state index is 0.0565. The van der Waals surface area contributed by atoms with Crippen LogP contribution < -0.4 is 11.1 Å². The largest absolute Gasteiger partial charge is 0.477 e. The number of fused-ring (bicyclic) bond motifs is 2. The third-order valence-corrected chi connectivity index (χ3v) is 8.20. The molecule has 2 atom stereocenters. The van der Waals surface area contributed by atoms with Crippen LogP contribution >= 0.6 is 34.9 Å². The highest BCUT2D eigenvalue weighted by molar-refractivity contribution is 8.01. The van der Waals surface area contributed by atoms with E-state index in [2.05, 4.69) is 40.9 Å². The molecule has 2 aliphatic heterocycles. The quantitative estimate of drug-likeness (QED) is 0.132. The number of hydrogen-bond acceptors (Lipinski definition) is 14. The third kappa shape index (κ3) is 4.96. The first-order valence-electron chi connectivity index (χ1n) is 10.4. The molecule has 20 heteroatoms. The molecule has 0 radical (unpaired) electrons. The van der Waals surface area contributed by atoms with Gasteiger partial charge in [0.1, 0.15) is 27.8 Å². The number of tetrazole rings is 1. The summed E-state index contributed by atoms with van der Waals surface area (Å²) in [5.74, 6) is -2.54. The van der Waals surface area contributed by atoms with Gasteiger partial charge in [0.2, 0.25) is 0 Å². The first-order valence-corrected chi connectivity index (χ1v) is 13.3. The summed E-state index contributed by atoms with van der Waals surface area (Å²) in [4.78, 5) is 46.7. The Hall–Kier alpha value is -3.91. The van der Waals surface area contributed by atoms with Crippen molar-refractivity contribution in [3.8, 4) is 0 Å². The zero-order chi connectivity index (χ0) is 27.0. The van der Waals surface area contributed by atoms with Crippen LogP contribution in [0.15, 0.2) is 39.0 Å². The highest BCUT2D eigenvalue weighted by atomic mass is 32.2. The molecule has 0 aromatic carbocycles. The number of hydrogen-bond donors (Lipinski definition) is 3. The van der Waals surface area contributed by atoms with E-state index in [9.17, 15) is 28.3 Å². The van der Waals surface area contributed by atoms with Crippen molar-refractivity contribution in [2.45, 2.75) is 23.1 Å². The first-order chi connectivity index (χ1) is 18.2. The Morgan fingerprint density at radius 1 is 1.39 bits per heavy atom. The first kappa shape index (κ1) is 25.7. The molecule has 0 bridgehead atoms. The lowest BCUT2D eigenvalue weighted by Crippen LogP contribution is -2.71. The van der Waals surface area contributed by atoms with E-state index >= 15 is 0 Å². The SMILES string of the molecule is Nc1nc(/C(=N\OC(F)F)C(=O)NC2C(=O)N3C(C(=O)O)=C(CSc4ccc5nnnn5n4)CS[C@H]23)cs1. The molecule has 2 aliphatic rings. The Morgan fingerprint density at radius 2 is 2.21 bits per heavy atom. The van der Waals surface area contributed by atoms with Crippen molar-refractivity contribution in [1.82, 2.24) is 40.5 Å². The van der Waals surface area contributed by atoms with E-state index in [4.69, 9.17) is 5.73 Å². The van der Waals surface area contributed by atoms with Crippen LogP contribution in [0, 0.1) is 0 Å². The molecule has 4 N–H and O–H groups in total. The summed E-state index contributed by atoms with van der Waals surface area (Å²) in [5.41, 5.74) is 5.55. The van der Waals surface area contributed by atoms with Crippen molar-refractivity contribution in [2.24, 2.45) is 5.16 Å². The van der Waals surface area contributed by atoms with Crippen LogP contribution in [0.5, 0.6) is 0 Å². The maximum Gasteiger partial charge on any atom is 0.407 e. The molecule has 2 amide bonds. The number of β-lactam (4-membered cyclic amide) rings is 1. The highest BCUT2D eigenvalue weighted by Crippen LogP contribution is 2.41. The number of halogens is 2. The topological polar surface area (TPSA) is 203 Å². The van der Waals surface area contributed by atoms with Gasteiger partial charge in [-0.2, -0.15) is 8.78 Å². The van der Waals surface area contributed by atoms with Gasteiger partial charge >= 0.3 is 12.6 Å². The fraction of sp³-hybridized carbons (Fsp3) is 0.278. The lowest BCUT2D eigenvalue weighted by molar-refractivity contribution is -0.150. The monoisotopic (exact) mass is 584 g/mol. The minimum Gasteiger partial charge on any atom is -0.477 e. The molecule has 5 rings (SSSR count). The summed E-state index contributed by atoms with van der Waals surface area (Å²) >= 11 is 3.42. The number of rotatable bonds is 9. The van der Waals surface area contributed by atoms with Crippen LogP contribution in [0.25, 0.3) is 5.65 Å². The van der Waals surface area contributed by atoms with Crippen LogP contribution in [0.1, 0.15) is 5.69 Å². The van der Waals surface area contributed by atoms with Crippen LogP contribution in [0.3, 0.4) is 0 Å². The number of aromatic nitrogens is 6. The lowest BCUT2D eigenvalue weighted by Gasteiger charge is -2.49. The minimum atomic E-state index is -3.30. The summed E-state index contributed by atoms with van der Waals surface area (Å²) in [6.45, 7) is -3.30. The molecule has 5 heterocycles. The number of anilines is 1. The van der Waals surface area contributed by atoms with E-state index in [0.717, 1.165) is 16.2 Å². The average molecular weight is 585 g/mol. The van der Waals surface area contributed by atoms with Gasteiger partial charge in [0.05, 0.1) is 0 Å². The Balaban J connectivity index is 1.31. The summed E-state index contributed by atoms with van der Waals surface area (Å²) in [7, 11) is 0. The molecule has 1 saturated heterocycles. The van der Waals surface area contributed by atoms with Crippen molar-refractivity contribution in [3.63, 3.8) is 0 Å². The van der Waals surface area contributed by atoms with Gasteiger partial charge in [-0.25, -0.2) is 9.78 Å². The number of aliphatic carboxylic acids is 1. The number of carbonyl (C=O) groups excluding carboxylic acids is 2. The number of carboxylic acids is 1. The zero-order valence-electron chi connectivity index (χ0n) is 18.6. The van der Waals surface area contributed by atoms with Gasteiger partial charge in [0, 0.05) is 16.9 Å². The van der Waals surface area contributed by atoms with Crippen LogP contribution in [-0.4, -0.2) is 93.3 Å². The molecule has 198 valence electrons. The molecule has 15 nitrogen and oxygen atoms in total. The summed E-state index contributed by atoms with van der Waals surface area (Å²) in [6.07, 6.45) is 0. The fourth-order valence-corrected chi connectivity index (χ4v) is 6.45. The number of nitrogens with one attached hydrogen (secondary N) is 1. The molecule has 1 fully saturated rings. The Kier molecular flexibility index (Phi) is 7.08. The Bertz CT molecular complexity index is 1490. The number of amides is 2. The van der Waals surface area contributed by atoms with Gasteiger partial charge in [-0.3, -0.25) is 14.5 Å². The Labute approximate surface area is 222 Å². The fourth-order valence-electron chi connectivity index (χ4n) is 3.57. The van der Waals surface area contributed by atoms with Crippen molar-refractivity contribution < 1.29 is 33.1 Å². The van der Waals surface area contributed by atoms with E-state index in [-0.39, 0.29) is 28.0 Å². The molecular weight excluding hydrogens is 570 g/mol. The molecule has 0 saturated carbocycles. The summed E-state index contributed by atoms with van der Waals surface area (Å²) in [5, 5.41) is 31.8. The molecule has 1 unspecified atom stereocenters. The van der Waals surface area contributed by atoms with Crippen molar-refractivity contribution in [2.75, 3.05) is 17.2 Å². The number of nitrogens with zero attached hydrogens (tertiary/aromatic N) is 8. The predicted molar refractivity (Wildman–Crippen MR) is 129 cm³/mol. The van der Waals surface area contributed by atoms with E-state index in [1.54, 1.807) is 12.1 Å². The number of alkyl halides is 2. The van der Waals surface area contributed by atoms with Crippen molar-refractivity contribution >= 4 is 69.1 Å². The average Bonchev–Trinajstić information content (AvgIpc) is 3.53. The number of nitrogen functional groups attached to an aromatic ring is 1. The van der Waals surface area contributed by atoms with E-state index in [0.29, 0.717) is 16.2 Å². The van der Waals surface area contributed by atoms with Crippen LogP contribution in [0.2, 0.25) is 0 Å². The van der Waals surface area contributed by atoms with Crippen molar-refractivity contribution in [3.05, 3.63) is 34.5 Å². The van der Waals surface area contributed by atoms with Crippen molar-refractivity contribution in [1.29, 1.82) is 0 Å². The smallest absolute Gasteiger partial charge is 0.407 e. The third-order valence-electron chi connectivity index (χ3n) is 5.18. The molecule has 38 heavy (non-hydrogen) atoms. The second-order valence-corrected chi connectivity index (χ2v) is 10.5. The van der Waals surface area contributed by atoms with E-state index in [1.807, 2.05) is 0 Å². The standard InChI is InChI=1S/C18H14F2N10O5S3/c19-17(20)35-26-10(7-5-38-18(21)22-7)13(31)23-11-14(32)29-12(16(33)34)6(4-37-15(11)29)3-36-9-2-1-8-24-27-28-30(8)25-9/h1-2,5,11,15,17H,3-4H2,(H2,21,22)(H,23,31)(H,33,34)/b26-10+/t11?,15-/m1/s1. The molecular formula is C18H14F2N10O5S3. The maximum absolute atomic E-state index is 12.9. The van der Waals surface area contributed by atoms with Crippen LogP contribution in [0.4, 0.5) is 13.9 Å². The number of nitrogens with two attached hydrogens (primary N) is 1. The molecule has 0 spiro atoms. The summed E-state index contributed by atoms with van der Waals surface area (Å²) < 4.78 is 26.3. The molecule has 3 aromatic rings. The lowest BCUT2D eigenvalue weighted by atomic mass is 10.0. The van der Waals surface area contributed by atoms with E-state index < -0.39 is 41.5 Å². The van der Waals surface area contributed by atoms with Gasteiger partial charge in [0.15, 0.2) is 16.5 Å². The number of thioether (sulfide) groups is 2. The Morgan fingerprint density at radius 3 is 2.92 bits per heavy atom. The number of carboxylic acid groups (broad SMARTS) is 1. The normalized spacial score (nSPS) is 19.5. The molecule has 3 aromatic heterocycles. The predicted octanol–water partition coefficient (Wildman–Crippen LogP) is 0.0322. The number of oxime groups is 1. The van der Waals surface area contributed by atoms with Crippen LogP contribution in [-0.2, 0) is 19.2 Å². The van der Waals surface area contributed by atoms with Gasteiger partial charge in [0.25, 0.3) is 11.8 Å². The van der Waals surface area contributed by atoms with E-state index in [1.165, 1.54) is 33.5 Å². The van der Waals surface area contributed by atoms with Gasteiger partial charge in [-0.15, -0.1) is 49.7 Å². The van der Waals surface area contributed by atoms with Gasteiger partial charge in [-0.1, -0.05) is 5.16 Å². The van der Waals surface area contributed by atoms with Gasteiger partial charge in [-0.05, 0) is 28.1 Å². The highest BCUT2D eigenvalue weighted by Gasteiger charge is 2.54. The van der Waals surface area contributed by atoms with Gasteiger partial charge < -0.3 is 21.0 Å². The zero-order valence-corrected chi connectivity index (χ0v) is 21.0. The number of carbonyl (C=O) groups is 3. The second kappa shape index (κ2) is 10.5. The number of thiazole rings is 1. The summed E-state index contributed by atoms with van der Waals surface area (Å²) in [6, 6.07) is 2.21. The maximum atomic E-state index is 12.9. The second-order valence-electron chi connectivity index (χ2n) is 7.48. The molecule has 0 aliphatic carbocycles.